The van der Waals surface area contributed by atoms with E-state index in [1.807, 2.05) is 13.8 Å². The lowest BCUT2D eigenvalue weighted by Crippen LogP contribution is -2.33. The highest BCUT2D eigenvalue weighted by atomic mass is 16.5. The molecule has 0 saturated carbocycles. The lowest BCUT2D eigenvalue weighted by atomic mass is 10.2. The summed E-state index contributed by atoms with van der Waals surface area (Å²) in [4.78, 5) is 21.1. The van der Waals surface area contributed by atoms with Gasteiger partial charge in [0.2, 0.25) is 0 Å². The monoisotopic (exact) mass is 189 g/mol. The number of nitrogens with two attached hydrogens (primary N) is 1. The van der Waals surface area contributed by atoms with Gasteiger partial charge in [-0.2, -0.15) is 0 Å². The van der Waals surface area contributed by atoms with Crippen LogP contribution in [0, 0.1) is 5.92 Å². The summed E-state index contributed by atoms with van der Waals surface area (Å²) >= 11 is 0. The van der Waals surface area contributed by atoms with Crippen molar-refractivity contribution in [3.05, 3.63) is 0 Å². The van der Waals surface area contributed by atoms with E-state index >= 15 is 0 Å². The van der Waals surface area contributed by atoms with E-state index in [4.69, 9.17) is 15.6 Å². The first kappa shape index (κ1) is 11.9. The van der Waals surface area contributed by atoms with Gasteiger partial charge in [0.15, 0.2) is 0 Å². The summed E-state index contributed by atoms with van der Waals surface area (Å²) < 4.78 is 4.74. The van der Waals surface area contributed by atoms with Gasteiger partial charge in [0.1, 0.15) is 6.04 Å². The molecule has 5 nitrogen and oxygen atoms in total. The van der Waals surface area contributed by atoms with Crippen molar-refractivity contribution in [2.24, 2.45) is 11.7 Å². The molecule has 13 heavy (non-hydrogen) atoms. The summed E-state index contributed by atoms with van der Waals surface area (Å²) in [5, 5.41) is 8.38. The Morgan fingerprint density at radius 3 is 2.38 bits per heavy atom. The average molecular weight is 189 g/mol. The molecule has 3 N–H and O–H groups in total. The second-order valence-corrected chi connectivity index (χ2v) is 3.23. The highest BCUT2D eigenvalue weighted by Gasteiger charge is 2.17. The number of carboxylic acid groups (broad SMARTS) is 1. The van der Waals surface area contributed by atoms with Crippen molar-refractivity contribution < 1.29 is 19.4 Å². The van der Waals surface area contributed by atoms with Gasteiger partial charge in [-0.05, 0) is 5.92 Å². The highest BCUT2D eigenvalue weighted by Crippen LogP contribution is 1.97. The van der Waals surface area contributed by atoms with E-state index in [1.54, 1.807) is 0 Å². The molecular formula is C8H15NO4. The van der Waals surface area contributed by atoms with E-state index in [0.717, 1.165) is 0 Å². The normalized spacial score (nSPS) is 12.6. The number of carboxylic acids is 1. The second-order valence-electron chi connectivity index (χ2n) is 3.23. The fraction of sp³-hybridized carbons (Fsp3) is 0.750. The molecule has 0 heterocycles. The van der Waals surface area contributed by atoms with Crippen LogP contribution < -0.4 is 5.73 Å². The van der Waals surface area contributed by atoms with Crippen LogP contribution in [-0.2, 0) is 14.3 Å². The molecule has 0 aliphatic heterocycles. The summed E-state index contributed by atoms with van der Waals surface area (Å²) in [6.45, 7) is 4.08. The number of carbonyl (C=O) groups is 2. The number of carbonyl (C=O) groups excluding carboxylic acids is 1. The number of aliphatic carboxylic acids is 1. The quantitative estimate of drug-likeness (QED) is 0.593. The van der Waals surface area contributed by atoms with E-state index in [-0.39, 0.29) is 12.3 Å². The van der Waals surface area contributed by atoms with Crippen molar-refractivity contribution in [3.8, 4) is 0 Å². The van der Waals surface area contributed by atoms with E-state index in [1.165, 1.54) is 0 Å². The molecule has 76 valence electrons. The van der Waals surface area contributed by atoms with Crippen LogP contribution in [0.15, 0.2) is 0 Å². The second kappa shape index (κ2) is 5.53. The molecule has 0 spiro atoms. The lowest BCUT2D eigenvalue weighted by molar-refractivity contribution is -0.149. The predicted octanol–water partition coefficient (Wildman–Crippen LogP) is -0.0124. The van der Waals surface area contributed by atoms with Crippen molar-refractivity contribution in [2.45, 2.75) is 26.3 Å². The van der Waals surface area contributed by atoms with Crippen LogP contribution in [0.1, 0.15) is 20.3 Å². The first-order chi connectivity index (χ1) is 5.93. The van der Waals surface area contributed by atoms with Crippen LogP contribution in [-0.4, -0.2) is 29.7 Å². The van der Waals surface area contributed by atoms with Crippen LogP contribution in [0.4, 0.5) is 0 Å². The minimum Gasteiger partial charge on any atom is -0.480 e. The van der Waals surface area contributed by atoms with Crippen LogP contribution in [0.3, 0.4) is 0 Å². The average Bonchev–Trinajstić information content (AvgIpc) is 2.00. The Labute approximate surface area is 76.9 Å². The molecule has 0 aromatic carbocycles. The maximum Gasteiger partial charge on any atom is 0.321 e. The fourth-order valence-electron chi connectivity index (χ4n) is 0.585. The van der Waals surface area contributed by atoms with E-state index in [0.29, 0.717) is 6.61 Å². The topological polar surface area (TPSA) is 89.6 Å². The third kappa shape index (κ3) is 6.10. The molecule has 0 aromatic rings. The van der Waals surface area contributed by atoms with Gasteiger partial charge >= 0.3 is 11.9 Å². The van der Waals surface area contributed by atoms with Crippen molar-refractivity contribution in [3.63, 3.8) is 0 Å². The van der Waals surface area contributed by atoms with E-state index in [9.17, 15) is 9.59 Å². The number of rotatable bonds is 5. The maximum atomic E-state index is 10.9. The zero-order valence-corrected chi connectivity index (χ0v) is 7.82. The standard InChI is InChI=1S/C8H15NO4/c1-5(2)4-13-7(10)3-6(9)8(11)12/h5-6H,3-4,9H2,1-2H3,(H,11,12)/t6-/m0/s1. The van der Waals surface area contributed by atoms with E-state index in [2.05, 4.69) is 0 Å². The van der Waals surface area contributed by atoms with Gasteiger partial charge in [0, 0.05) is 0 Å². The van der Waals surface area contributed by atoms with Gasteiger partial charge in [0.05, 0.1) is 13.0 Å². The number of hydrogen-bond donors (Lipinski definition) is 2. The predicted molar refractivity (Wildman–Crippen MR) is 46.0 cm³/mol. The summed E-state index contributed by atoms with van der Waals surface area (Å²) in [6, 6.07) is -1.17. The van der Waals surface area contributed by atoms with Gasteiger partial charge in [-0.15, -0.1) is 0 Å². The maximum absolute atomic E-state index is 10.9. The molecule has 0 bridgehead atoms. The number of ether oxygens (including phenoxy) is 1. The summed E-state index contributed by atoms with van der Waals surface area (Å²) in [6.07, 6.45) is -0.276. The first-order valence-electron chi connectivity index (χ1n) is 4.07. The Morgan fingerprint density at radius 2 is 2.00 bits per heavy atom. The van der Waals surface area contributed by atoms with Crippen LogP contribution in [0.25, 0.3) is 0 Å². The highest BCUT2D eigenvalue weighted by molar-refractivity contribution is 5.81. The molecular weight excluding hydrogens is 174 g/mol. The minimum atomic E-state index is -1.19. The molecule has 0 aliphatic rings. The van der Waals surface area contributed by atoms with Gasteiger partial charge in [-0.1, -0.05) is 13.8 Å². The van der Waals surface area contributed by atoms with Gasteiger partial charge in [0.25, 0.3) is 0 Å². The largest absolute Gasteiger partial charge is 0.480 e. The van der Waals surface area contributed by atoms with Crippen molar-refractivity contribution in [2.75, 3.05) is 6.61 Å². The van der Waals surface area contributed by atoms with Crippen LogP contribution in [0.2, 0.25) is 0 Å². The Hall–Kier alpha value is -1.10. The van der Waals surface area contributed by atoms with Gasteiger partial charge < -0.3 is 15.6 Å². The van der Waals surface area contributed by atoms with Crippen molar-refractivity contribution >= 4 is 11.9 Å². The van der Waals surface area contributed by atoms with Crippen LogP contribution in [0.5, 0.6) is 0 Å². The molecule has 0 radical (unpaired) electrons. The first-order valence-corrected chi connectivity index (χ1v) is 4.07. The minimum absolute atomic E-state index is 0.241. The zero-order chi connectivity index (χ0) is 10.4. The van der Waals surface area contributed by atoms with Crippen LogP contribution >= 0.6 is 0 Å². The fourth-order valence-corrected chi connectivity index (χ4v) is 0.585. The lowest BCUT2D eigenvalue weighted by Gasteiger charge is -2.08. The van der Waals surface area contributed by atoms with E-state index < -0.39 is 18.0 Å². The molecule has 5 heteroatoms. The molecule has 0 fully saturated rings. The van der Waals surface area contributed by atoms with Crippen molar-refractivity contribution in [1.29, 1.82) is 0 Å². The molecule has 0 unspecified atom stereocenters. The Balaban J connectivity index is 3.68. The summed E-state index contributed by atoms with van der Waals surface area (Å²) in [5.41, 5.74) is 5.12. The molecule has 0 rings (SSSR count). The Morgan fingerprint density at radius 1 is 1.46 bits per heavy atom. The zero-order valence-electron chi connectivity index (χ0n) is 7.82. The molecule has 1 atom stereocenters. The molecule has 0 amide bonds. The molecule has 0 aromatic heterocycles. The molecule has 0 aliphatic carbocycles. The Kier molecular flexibility index (Phi) is 5.06. The molecule has 0 saturated heterocycles. The number of hydrogen-bond acceptors (Lipinski definition) is 4. The van der Waals surface area contributed by atoms with Gasteiger partial charge in [-0.3, -0.25) is 9.59 Å². The third-order valence-corrected chi connectivity index (χ3v) is 1.28. The Bertz CT molecular complexity index is 191. The van der Waals surface area contributed by atoms with Crippen molar-refractivity contribution in [1.82, 2.24) is 0 Å². The summed E-state index contributed by atoms with van der Waals surface area (Å²) in [5.74, 6) is -1.52. The SMILES string of the molecule is CC(C)COC(=O)C[C@H](N)C(=O)O. The number of esters is 1. The smallest absolute Gasteiger partial charge is 0.321 e. The van der Waals surface area contributed by atoms with Gasteiger partial charge in [-0.25, -0.2) is 0 Å². The third-order valence-electron chi connectivity index (χ3n) is 1.28. The summed E-state index contributed by atoms with van der Waals surface area (Å²) in [7, 11) is 0.